The van der Waals surface area contributed by atoms with Crippen molar-refractivity contribution in [1.29, 1.82) is 0 Å². The molecule has 2 aromatic rings. The predicted octanol–water partition coefficient (Wildman–Crippen LogP) is 2.43. The monoisotopic (exact) mass is 275 g/mol. The Labute approximate surface area is 118 Å². The molecule has 20 heavy (non-hydrogen) atoms. The van der Waals surface area contributed by atoms with Gasteiger partial charge in [0.2, 0.25) is 0 Å². The summed E-state index contributed by atoms with van der Waals surface area (Å²) in [6.07, 6.45) is 7.72. The smallest absolute Gasteiger partial charge is 0.119 e. The zero-order valence-electron chi connectivity index (χ0n) is 11.7. The maximum Gasteiger partial charge on any atom is 0.119 e. The lowest BCUT2D eigenvalue weighted by Crippen LogP contribution is -2.20. The van der Waals surface area contributed by atoms with Crippen molar-refractivity contribution >= 4 is 0 Å². The van der Waals surface area contributed by atoms with Crippen molar-refractivity contribution in [1.82, 2.24) is 14.9 Å². The van der Waals surface area contributed by atoms with Gasteiger partial charge in [-0.15, -0.1) is 0 Å². The molecule has 0 amide bonds. The second kappa shape index (κ2) is 6.96. The summed E-state index contributed by atoms with van der Waals surface area (Å²) in [6.45, 7) is 3.89. The number of phenols is 2. The SMILES string of the molecule is CC(NCCCCn1ccnc1)c1cc(O)cc(O)c1. The Bertz CT molecular complexity index is 506. The minimum atomic E-state index is 0.0914. The third-order valence-corrected chi connectivity index (χ3v) is 3.28. The molecule has 5 heteroatoms. The van der Waals surface area contributed by atoms with Gasteiger partial charge in [-0.25, -0.2) is 4.98 Å². The molecule has 0 aliphatic rings. The highest BCUT2D eigenvalue weighted by Crippen LogP contribution is 2.24. The highest BCUT2D eigenvalue weighted by molar-refractivity contribution is 5.37. The normalized spacial score (nSPS) is 12.4. The van der Waals surface area contributed by atoms with E-state index < -0.39 is 0 Å². The molecule has 108 valence electrons. The number of aromatic hydroxyl groups is 2. The molecule has 2 rings (SSSR count). The Morgan fingerprint density at radius 1 is 1.20 bits per heavy atom. The van der Waals surface area contributed by atoms with Gasteiger partial charge in [0.05, 0.1) is 6.33 Å². The quantitative estimate of drug-likeness (QED) is 0.679. The number of aromatic nitrogens is 2. The van der Waals surface area contributed by atoms with Crippen molar-refractivity contribution in [2.24, 2.45) is 0 Å². The molecular weight excluding hydrogens is 254 g/mol. The maximum absolute atomic E-state index is 9.46. The third kappa shape index (κ3) is 4.28. The van der Waals surface area contributed by atoms with Crippen molar-refractivity contribution in [3.8, 4) is 11.5 Å². The first kappa shape index (κ1) is 14.4. The number of aryl methyl sites for hydroxylation is 1. The van der Waals surface area contributed by atoms with E-state index in [9.17, 15) is 10.2 Å². The van der Waals surface area contributed by atoms with Crippen LogP contribution in [0.25, 0.3) is 0 Å². The van der Waals surface area contributed by atoms with E-state index in [1.165, 1.54) is 6.07 Å². The summed E-state index contributed by atoms with van der Waals surface area (Å²) in [5.74, 6) is 0.183. The van der Waals surface area contributed by atoms with E-state index in [0.717, 1.165) is 31.5 Å². The average Bonchev–Trinajstić information content (AvgIpc) is 2.90. The molecular formula is C15H21N3O2. The first-order chi connectivity index (χ1) is 9.65. The molecule has 0 fully saturated rings. The summed E-state index contributed by atoms with van der Waals surface area (Å²) in [4.78, 5) is 4.01. The van der Waals surface area contributed by atoms with E-state index in [1.807, 2.05) is 19.4 Å². The number of unbranched alkanes of at least 4 members (excludes halogenated alkanes) is 1. The molecule has 1 aromatic heterocycles. The molecule has 1 aromatic carbocycles. The largest absolute Gasteiger partial charge is 0.508 e. The minimum Gasteiger partial charge on any atom is -0.508 e. The van der Waals surface area contributed by atoms with Gasteiger partial charge < -0.3 is 20.1 Å². The minimum absolute atomic E-state index is 0.0914. The van der Waals surface area contributed by atoms with Gasteiger partial charge in [-0.3, -0.25) is 0 Å². The summed E-state index contributed by atoms with van der Waals surface area (Å²) in [5, 5.41) is 22.3. The summed E-state index contributed by atoms with van der Waals surface area (Å²) in [7, 11) is 0. The third-order valence-electron chi connectivity index (χ3n) is 3.28. The molecule has 0 spiro atoms. The fraction of sp³-hybridized carbons (Fsp3) is 0.400. The number of hydrogen-bond donors (Lipinski definition) is 3. The predicted molar refractivity (Wildman–Crippen MR) is 77.7 cm³/mol. The van der Waals surface area contributed by atoms with Crippen LogP contribution in [0.2, 0.25) is 0 Å². The maximum atomic E-state index is 9.46. The van der Waals surface area contributed by atoms with Crippen molar-refractivity contribution in [2.45, 2.75) is 32.4 Å². The van der Waals surface area contributed by atoms with Crippen LogP contribution < -0.4 is 5.32 Å². The van der Waals surface area contributed by atoms with Crippen molar-refractivity contribution in [3.63, 3.8) is 0 Å². The first-order valence-electron chi connectivity index (χ1n) is 6.87. The average molecular weight is 275 g/mol. The Morgan fingerprint density at radius 2 is 1.95 bits per heavy atom. The summed E-state index contributed by atoms with van der Waals surface area (Å²) < 4.78 is 2.07. The van der Waals surface area contributed by atoms with Crippen molar-refractivity contribution in [2.75, 3.05) is 6.54 Å². The fourth-order valence-corrected chi connectivity index (χ4v) is 2.14. The van der Waals surface area contributed by atoms with Crippen LogP contribution in [0.3, 0.4) is 0 Å². The Kier molecular flexibility index (Phi) is 5.01. The van der Waals surface area contributed by atoms with Crippen LogP contribution in [0.4, 0.5) is 0 Å². The van der Waals surface area contributed by atoms with Gasteiger partial charge in [0, 0.05) is 31.0 Å². The summed E-state index contributed by atoms with van der Waals surface area (Å²) >= 11 is 0. The topological polar surface area (TPSA) is 70.3 Å². The molecule has 1 atom stereocenters. The number of imidazole rings is 1. The number of rotatable bonds is 7. The van der Waals surface area contributed by atoms with Gasteiger partial charge in [0.1, 0.15) is 11.5 Å². The second-order valence-corrected chi connectivity index (χ2v) is 4.97. The molecule has 0 saturated carbocycles. The van der Waals surface area contributed by atoms with E-state index in [-0.39, 0.29) is 17.5 Å². The molecule has 0 bridgehead atoms. The highest BCUT2D eigenvalue weighted by Gasteiger charge is 2.07. The van der Waals surface area contributed by atoms with Crippen LogP contribution in [0.5, 0.6) is 11.5 Å². The van der Waals surface area contributed by atoms with Crippen LogP contribution in [0.1, 0.15) is 31.4 Å². The van der Waals surface area contributed by atoms with Gasteiger partial charge >= 0.3 is 0 Å². The summed E-state index contributed by atoms with van der Waals surface area (Å²) in [6, 6.07) is 4.77. The highest BCUT2D eigenvalue weighted by atomic mass is 16.3. The second-order valence-electron chi connectivity index (χ2n) is 4.97. The van der Waals surface area contributed by atoms with Crippen LogP contribution in [-0.2, 0) is 6.54 Å². The molecule has 3 N–H and O–H groups in total. The summed E-state index contributed by atoms with van der Waals surface area (Å²) in [5.41, 5.74) is 0.886. The van der Waals surface area contributed by atoms with E-state index in [2.05, 4.69) is 14.9 Å². The fourth-order valence-electron chi connectivity index (χ4n) is 2.14. The van der Waals surface area contributed by atoms with Crippen molar-refractivity contribution in [3.05, 3.63) is 42.5 Å². The zero-order valence-corrected chi connectivity index (χ0v) is 11.7. The molecule has 1 heterocycles. The molecule has 0 saturated heterocycles. The number of benzene rings is 1. The molecule has 0 aliphatic heterocycles. The molecule has 0 aliphatic carbocycles. The van der Waals surface area contributed by atoms with Crippen LogP contribution in [-0.4, -0.2) is 26.3 Å². The lowest BCUT2D eigenvalue weighted by Gasteiger charge is -2.15. The number of nitrogens with one attached hydrogen (secondary N) is 1. The standard InChI is InChI=1S/C15H21N3O2/c1-12(13-8-14(19)10-15(20)9-13)17-4-2-3-6-18-7-5-16-11-18/h5,7-12,17,19-20H,2-4,6H2,1H3. The van der Waals surface area contributed by atoms with Crippen molar-refractivity contribution < 1.29 is 10.2 Å². The van der Waals surface area contributed by atoms with Crippen LogP contribution in [0.15, 0.2) is 36.9 Å². The van der Waals surface area contributed by atoms with E-state index in [0.29, 0.717) is 0 Å². The van der Waals surface area contributed by atoms with Crippen LogP contribution >= 0.6 is 0 Å². The van der Waals surface area contributed by atoms with E-state index in [1.54, 1.807) is 18.3 Å². The van der Waals surface area contributed by atoms with Gasteiger partial charge in [-0.2, -0.15) is 0 Å². The molecule has 1 unspecified atom stereocenters. The van der Waals surface area contributed by atoms with E-state index >= 15 is 0 Å². The van der Waals surface area contributed by atoms with E-state index in [4.69, 9.17) is 0 Å². The zero-order chi connectivity index (χ0) is 14.4. The number of nitrogens with zero attached hydrogens (tertiary/aromatic N) is 2. The van der Waals surface area contributed by atoms with Gasteiger partial charge in [0.15, 0.2) is 0 Å². The molecule has 0 radical (unpaired) electrons. The van der Waals surface area contributed by atoms with Crippen LogP contribution in [0, 0.1) is 0 Å². The first-order valence-corrected chi connectivity index (χ1v) is 6.87. The van der Waals surface area contributed by atoms with Gasteiger partial charge in [-0.05, 0) is 44.0 Å². The Hall–Kier alpha value is -2.01. The Balaban J connectivity index is 1.70. The molecule has 5 nitrogen and oxygen atoms in total. The van der Waals surface area contributed by atoms with Gasteiger partial charge in [0.25, 0.3) is 0 Å². The Morgan fingerprint density at radius 3 is 2.60 bits per heavy atom. The number of phenolic OH excluding ortho intramolecular Hbond substituents is 2. The van der Waals surface area contributed by atoms with Gasteiger partial charge in [-0.1, -0.05) is 0 Å². The number of hydrogen-bond acceptors (Lipinski definition) is 4. The lowest BCUT2D eigenvalue weighted by molar-refractivity contribution is 0.445. The lowest BCUT2D eigenvalue weighted by atomic mass is 10.1.